The fraction of sp³-hybridized carbons (Fsp3) is 0.469. The maximum atomic E-state index is 15.5. The number of hydrogen-bond donors (Lipinski definition) is 2. The minimum atomic E-state index is -1.36. The summed E-state index contributed by atoms with van der Waals surface area (Å²) in [7, 11) is 0. The van der Waals surface area contributed by atoms with Gasteiger partial charge in [-0.05, 0) is 114 Å². The van der Waals surface area contributed by atoms with Gasteiger partial charge in [0, 0.05) is 44.1 Å². The van der Waals surface area contributed by atoms with Gasteiger partial charge in [0.15, 0.2) is 0 Å². The third-order valence-corrected chi connectivity index (χ3v) is 15.6. The second-order valence-corrected chi connectivity index (χ2v) is 20.4. The largest absolute Gasteiger partial charge is 0.459 e. The van der Waals surface area contributed by atoms with Crippen molar-refractivity contribution in [2.75, 3.05) is 26.4 Å². The van der Waals surface area contributed by atoms with E-state index in [4.69, 9.17) is 24.2 Å². The minimum Gasteiger partial charge on any atom is -0.459 e. The average molecular weight is 989 g/mol. The van der Waals surface area contributed by atoms with Gasteiger partial charge in [-0.1, -0.05) is 173 Å². The Morgan fingerprint density at radius 1 is 0.767 bits per heavy atom. The lowest BCUT2D eigenvalue weighted by atomic mass is 9.55. The third kappa shape index (κ3) is 13.0. The van der Waals surface area contributed by atoms with Crippen molar-refractivity contribution in [1.82, 2.24) is 4.90 Å². The summed E-state index contributed by atoms with van der Waals surface area (Å²) in [4.78, 5) is 23.6. The summed E-state index contributed by atoms with van der Waals surface area (Å²) in [5, 5.41) is 27.4. The quantitative estimate of drug-likeness (QED) is 0.0279. The molecule has 5 aromatic carbocycles. The molecule has 6 atom stereocenters. The zero-order valence-corrected chi connectivity index (χ0v) is 43.6. The van der Waals surface area contributed by atoms with Crippen LogP contribution in [0.5, 0.6) is 17.2 Å². The Labute approximate surface area is 435 Å². The van der Waals surface area contributed by atoms with Gasteiger partial charge in [0.1, 0.15) is 29.9 Å². The molecule has 5 aromatic rings. The smallest absolute Gasteiger partial charge is 0.239 e. The Kier molecular flexibility index (Phi) is 19.8. The number of ether oxygens (including phenoxy) is 3. The maximum Gasteiger partial charge on any atom is 0.239 e. The van der Waals surface area contributed by atoms with Gasteiger partial charge >= 0.3 is 0 Å². The molecular formula is C64H80N2O7. The number of nitrogens with zero attached hydrogens (tertiary/aromatic N) is 2. The van der Waals surface area contributed by atoms with Crippen molar-refractivity contribution in [2.45, 2.75) is 147 Å². The van der Waals surface area contributed by atoms with Crippen molar-refractivity contribution in [1.29, 1.82) is 0 Å². The van der Waals surface area contributed by atoms with Crippen molar-refractivity contribution in [2.24, 2.45) is 22.9 Å². The fourth-order valence-electron chi connectivity index (χ4n) is 12.1. The van der Waals surface area contributed by atoms with Crippen molar-refractivity contribution in [3.05, 3.63) is 151 Å². The molecule has 0 saturated heterocycles. The first-order valence-electron chi connectivity index (χ1n) is 27.7. The number of benzene rings is 5. The number of allylic oxidation sites excluding steroid dienone is 1. The first kappa shape index (κ1) is 53.5. The lowest BCUT2D eigenvalue weighted by molar-refractivity contribution is -0.258. The van der Waals surface area contributed by atoms with Gasteiger partial charge in [0.25, 0.3) is 0 Å². The van der Waals surface area contributed by atoms with E-state index in [1.165, 1.54) is 38.5 Å². The molecule has 0 bridgehead atoms. The molecule has 9 heteroatoms. The topological polar surface area (TPSA) is 110 Å². The SMILES string of the molecule is C=CCO[C@@]12Oc3ccc(Oc4ccc(-c5ccccc5)cc4)cc3[C@H]3[C@H](CCCCO)[C@@H](CCCCO)C=C(C(=NOCC)C[C@@H]1N(Cc1cccc4ccccc14)C(=O)CCCCCCCCCCC)[C@H]32. The van der Waals surface area contributed by atoms with Gasteiger partial charge < -0.3 is 34.2 Å². The zero-order chi connectivity index (χ0) is 50.8. The summed E-state index contributed by atoms with van der Waals surface area (Å²) >= 11 is 0. The number of unbranched alkanes of at least 4 members (excludes halogenated alkanes) is 10. The number of fused-ring (bicyclic) bond motifs is 3. The average Bonchev–Trinajstić information content (AvgIpc) is 3.42. The van der Waals surface area contributed by atoms with E-state index in [0.717, 1.165) is 95.0 Å². The van der Waals surface area contributed by atoms with E-state index in [1.807, 2.05) is 49.4 Å². The zero-order valence-electron chi connectivity index (χ0n) is 43.6. The Balaban J connectivity index is 1.25. The third-order valence-electron chi connectivity index (χ3n) is 15.6. The highest BCUT2D eigenvalue weighted by Crippen LogP contribution is 2.62. The Hall–Kier alpha value is -5.74. The lowest BCUT2D eigenvalue weighted by Crippen LogP contribution is -2.70. The molecule has 0 radical (unpaired) electrons. The molecule has 0 aromatic heterocycles. The molecule has 1 amide bonds. The molecule has 1 aliphatic heterocycles. The van der Waals surface area contributed by atoms with Gasteiger partial charge in [0.2, 0.25) is 11.7 Å². The molecule has 8 rings (SSSR count). The van der Waals surface area contributed by atoms with E-state index in [2.05, 4.69) is 97.3 Å². The Morgan fingerprint density at radius 3 is 2.19 bits per heavy atom. The van der Waals surface area contributed by atoms with E-state index >= 15 is 4.79 Å². The summed E-state index contributed by atoms with van der Waals surface area (Å²) in [6.07, 6.45) is 20.2. The monoisotopic (exact) mass is 989 g/mol. The van der Waals surface area contributed by atoms with E-state index < -0.39 is 17.7 Å². The van der Waals surface area contributed by atoms with Gasteiger partial charge in [-0.2, -0.15) is 0 Å². The lowest BCUT2D eigenvalue weighted by Gasteiger charge is -2.60. The highest BCUT2D eigenvalue weighted by molar-refractivity contribution is 6.03. The summed E-state index contributed by atoms with van der Waals surface area (Å²) in [5.74, 6) is 0.446. The first-order valence-corrected chi connectivity index (χ1v) is 27.7. The molecule has 73 heavy (non-hydrogen) atoms. The summed E-state index contributed by atoms with van der Waals surface area (Å²) < 4.78 is 21.7. The number of amides is 1. The molecule has 1 fully saturated rings. The molecule has 1 saturated carbocycles. The minimum absolute atomic E-state index is 0.0656. The van der Waals surface area contributed by atoms with Crippen molar-refractivity contribution >= 4 is 22.4 Å². The molecule has 2 N–H and O–H groups in total. The fourth-order valence-corrected chi connectivity index (χ4v) is 12.1. The van der Waals surface area contributed by atoms with Crippen LogP contribution in [0.4, 0.5) is 0 Å². The standard InChI is InChI=1S/C64H80N2O7/c1-4-7-8-9-10-11-12-13-17-33-61(69)66(46-51-30-24-29-49-27-18-19-31-54(49)51)60-45-58(65-71-6-3)56-43-50(28-20-22-40-67)55(32-21-23-41-68)62-57-44-53(38-39-59(57)73-64(60,63(56)62)70-42-5-2)72-52-36-34-48(35-37-52)47-25-15-14-16-26-47/h5,14-16,18-19,24-27,29-31,34-39,43-44,50,55,60,62-63,67-68H,2,4,6-13,17,20-23,28,32-33,40-42,45-46H2,1,3H3/t50-,55+,60-,62+,63+,64+/m0/s1. The molecule has 0 unspecified atom stereocenters. The van der Waals surface area contributed by atoms with Crippen molar-refractivity contribution < 1.29 is 34.1 Å². The highest BCUT2D eigenvalue weighted by Gasteiger charge is 2.65. The van der Waals surface area contributed by atoms with Crippen LogP contribution in [0, 0.1) is 17.8 Å². The maximum absolute atomic E-state index is 15.5. The van der Waals surface area contributed by atoms with Crippen LogP contribution in [0.3, 0.4) is 0 Å². The number of carbonyl (C=O) groups excluding carboxylic acids is 1. The summed E-state index contributed by atoms with van der Waals surface area (Å²) in [6, 6.07) is 38.9. The Bertz CT molecular complexity index is 2590. The van der Waals surface area contributed by atoms with Crippen molar-refractivity contribution in [3.63, 3.8) is 0 Å². The molecule has 2 aliphatic carbocycles. The van der Waals surface area contributed by atoms with E-state index in [1.54, 1.807) is 6.08 Å². The molecule has 3 aliphatic rings. The van der Waals surface area contributed by atoms with E-state index in [9.17, 15) is 10.2 Å². The number of carbonyl (C=O) groups is 1. The Morgan fingerprint density at radius 2 is 1.45 bits per heavy atom. The molecule has 1 heterocycles. The van der Waals surface area contributed by atoms with Gasteiger partial charge in [-0.15, -0.1) is 6.58 Å². The second kappa shape index (κ2) is 27.0. The van der Waals surface area contributed by atoms with Crippen LogP contribution in [0.1, 0.15) is 140 Å². The van der Waals surface area contributed by atoms with Crippen LogP contribution in [0.25, 0.3) is 21.9 Å². The number of aliphatic hydroxyl groups excluding tert-OH is 2. The number of oxime groups is 1. The summed E-state index contributed by atoms with van der Waals surface area (Å²) in [6.45, 7) is 9.55. The second-order valence-electron chi connectivity index (χ2n) is 20.4. The summed E-state index contributed by atoms with van der Waals surface area (Å²) in [5.41, 5.74) is 6.16. The highest BCUT2D eigenvalue weighted by atomic mass is 16.7. The molecule has 388 valence electrons. The number of hydrogen-bond acceptors (Lipinski definition) is 8. The normalized spacial score (nSPS) is 21.5. The predicted molar refractivity (Wildman–Crippen MR) is 295 cm³/mol. The number of rotatable bonds is 29. The van der Waals surface area contributed by atoms with E-state index in [0.29, 0.717) is 50.3 Å². The molecule has 0 spiro atoms. The van der Waals surface area contributed by atoms with Crippen LogP contribution in [0.15, 0.2) is 145 Å². The van der Waals surface area contributed by atoms with Gasteiger partial charge in [0.05, 0.1) is 18.2 Å². The van der Waals surface area contributed by atoms with Crippen LogP contribution < -0.4 is 9.47 Å². The van der Waals surface area contributed by atoms with Crippen molar-refractivity contribution in [3.8, 4) is 28.4 Å². The van der Waals surface area contributed by atoms with Crippen LogP contribution in [-0.2, 0) is 20.9 Å². The van der Waals surface area contributed by atoms with Crippen LogP contribution in [0.2, 0.25) is 0 Å². The first-order chi connectivity index (χ1) is 35.9. The van der Waals surface area contributed by atoms with Crippen LogP contribution in [-0.4, -0.2) is 65.0 Å². The predicted octanol–water partition coefficient (Wildman–Crippen LogP) is 14.9. The van der Waals surface area contributed by atoms with Gasteiger partial charge in [-0.25, -0.2) is 0 Å². The van der Waals surface area contributed by atoms with Crippen LogP contribution >= 0.6 is 0 Å². The molecule has 9 nitrogen and oxygen atoms in total. The number of aliphatic hydroxyl groups is 2. The van der Waals surface area contributed by atoms with Gasteiger partial charge in [-0.3, -0.25) is 4.79 Å². The molecular weight excluding hydrogens is 909 g/mol. The van der Waals surface area contributed by atoms with E-state index in [-0.39, 0.29) is 43.5 Å².